The first-order chi connectivity index (χ1) is 6.27. The van der Waals surface area contributed by atoms with Gasteiger partial charge in [0.15, 0.2) is 0 Å². The maximum atomic E-state index is 10.6. The van der Waals surface area contributed by atoms with Crippen LogP contribution in [0.4, 0.5) is 0 Å². The highest BCUT2D eigenvalue weighted by Crippen LogP contribution is 2.34. The van der Waals surface area contributed by atoms with Gasteiger partial charge in [-0.05, 0) is 0 Å². The molecule has 0 aliphatic carbocycles. The van der Waals surface area contributed by atoms with E-state index in [-0.39, 0.29) is 5.37 Å². The molecule has 1 unspecified atom stereocenters. The van der Waals surface area contributed by atoms with E-state index >= 15 is 0 Å². The lowest BCUT2D eigenvalue weighted by atomic mass is 10.3. The number of carbonyl (C=O) groups is 1. The van der Waals surface area contributed by atoms with E-state index in [4.69, 9.17) is 5.11 Å². The number of hydrogen-bond acceptors (Lipinski definition) is 5. The molecule has 0 bridgehead atoms. The molecule has 1 aliphatic rings. The predicted molar refractivity (Wildman–Crippen MR) is 51.9 cm³/mol. The van der Waals surface area contributed by atoms with Crippen molar-refractivity contribution in [2.45, 2.75) is 11.4 Å². The van der Waals surface area contributed by atoms with E-state index in [1.54, 1.807) is 34.8 Å². The van der Waals surface area contributed by atoms with E-state index in [0.29, 0.717) is 5.75 Å². The molecule has 0 radical (unpaired) electrons. The van der Waals surface area contributed by atoms with Crippen molar-refractivity contribution >= 4 is 29.1 Å². The zero-order valence-electron chi connectivity index (χ0n) is 6.64. The Kier molecular flexibility index (Phi) is 2.52. The Bertz CT molecular complexity index is 301. The second-order valence-electron chi connectivity index (χ2n) is 2.67. The summed E-state index contributed by atoms with van der Waals surface area (Å²) in [4.78, 5) is 15.7. The average molecular weight is 216 g/mol. The minimum Gasteiger partial charge on any atom is -0.480 e. The fourth-order valence-corrected chi connectivity index (χ4v) is 3.17. The highest BCUT2D eigenvalue weighted by molar-refractivity contribution is 7.99. The third-order valence-corrected chi connectivity index (χ3v) is 4.03. The number of thioether (sulfide) groups is 1. The van der Waals surface area contributed by atoms with Gasteiger partial charge in [-0.2, -0.15) is 0 Å². The van der Waals surface area contributed by atoms with Crippen LogP contribution in [0.25, 0.3) is 0 Å². The SMILES string of the molecule is O=C(O)[C@@H]1CSC(c2cncs2)N1. The van der Waals surface area contributed by atoms with E-state index in [1.165, 1.54) is 0 Å². The third kappa shape index (κ3) is 1.84. The molecular formula is C7H8N2O2S2. The third-order valence-electron chi connectivity index (χ3n) is 1.79. The van der Waals surface area contributed by atoms with Gasteiger partial charge in [0, 0.05) is 11.9 Å². The summed E-state index contributed by atoms with van der Waals surface area (Å²) in [5.74, 6) is -0.155. The molecule has 2 heterocycles. The molecule has 6 heteroatoms. The van der Waals surface area contributed by atoms with Crippen LogP contribution in [0.1, 0.15) is 10.3 Å². The molecule has 1 fully saturated rings. The molecule has 0 aromatic carbocycles. The van der Waals surface area contributed by atoms with Crippen molar-refractivity contribution in [3.8, 4) is 0 Å². The van der Waals surface area contributed by atoms with Gasteiger partial charge in [-0.15, -0.1) is 23.1 Å². The highest BCUT2D eigenvalue weighted by atomic mass is 32.2. The number of aliphatic carboxylic acids is 1. The van der Waals surface area contributed by atoms with E-state index in [2.05, 4.69) is 10.3 Å². The zero-order valence-corrected chi connectivity index (χ0v) is 8.27. The first kappa shape index (κ1) is 8.98. The van der Waals surface area contributed by atoms with Crippen molar-refractivity contribution in [2.75, 3.05) is 5.75 Å². The van der Waals surface area contributed by atoms with Gasteiger partial charge in [0.2, 0.25) is 0 Å². The molecule has 2 N–H and O–H groups in total. The quantitative estimate of drug-likeness (QED) is 0.770. The molecule has 70 valence electrons. The van der Waals surface area contributed by atoms with Crippen molar-refractivity contribution in [1.29, 1.82) is 0 Å². The monoisotopic (exact) mass is 216 g/mol. The summed E-state index contributed by atoms with van der Waals surface area (Å²) < 4.78 is 0. The van der Waals surface area contributed by atoms with Crippen LogP contribution in [0, 0.1) is 0 Å². The molecule has 1 aliphatic heterocycles. The van der Waals surface area contributed by atoms with Crippen LogP contribution in [0.2, 0.25) is 0 Å². The largest absolute Gasteiger partial charge is 0.480 e. The number of thiazole rings is 1. The molecule has 1 aromatic rings. The van der Waals surface area contributed by atoms with Crippen LogP contribution >= 0.6 is 23.1 Å². The van der Waals surface area contributed by atoms with Crippen LogP contribution in [-0.4, -0.2) is 27.9 Å². The number of nitrogens with zero attached hydrogens (tertiary/aromatic N) is 1. The molecule has 1 saturated heterocycles. The van der Waals surface area contributed by atoms with Crippen LogP contribution < -0.4 is 5.32 Å². The van der Waals surface area contributed by atoms with Crippen molar-refractivity contribution in [3.63, 3.8) is 0 Å². The summed E-state index contributed by atoms with van der Waals surface area (Å²) in [6.45, 7) is 0. The fraction of sp³-hybridized carbons (Fsp3) is 0.429. The molecular weight excluding hydrogens is 208 g/mol. The molecule has 2 rings (SSSR count). The number of carboxylic acids is 1. The van der Waals surface area contributed by atoms with E-state index in [9.17, 15) is 4.79 Å². The molecule has 0 spiro atoms. The second-order valence-corrected chi connectivity index (χ2v) is 4.73. The molecule has 1 aromatic heterocycles. The van der Waals surface area contributed by atoms with Crippen LogP contribution in [0.3, 0.4) is 0 Å². The van der Waals surface area contributed by atoms with Crippen molar-refractivity contribution < 1.29 is 9.90 Å². The lowest BCUT2D eigenvalue weighted by Gasteiger charge is -2.06. The Hall–Kier alpha value is -0.590. The Morgan fingerprint density at radius 1 is 1.77 bits per heavy atom. The minimum atomic E-state index is -0.778. The number of nitrogens with one attached hydrogen (secondary N) is 1. The van der Waals surface area contributed by atoms with Gasteiger partial charge in [0.05, 0.1) is 15.8 Å². The average Bonchev–Trinajstić information content (AvgIpc) is 2.75. The first-order valence-corrected chi connectivity index (χ1v) is 5.69. The predicted octanol–water partition coefficient (Wildman–Crippen LogP) is 0.931. The summed E-state index contributed by atoms with van der Waals surface area (Å²) in [5.41, 5.74) is 1.76. The number of aromatic nitrogens is 1. The summed E-state index contributed by atoms with van der Waals surface area (Å²) in [7, 11) is 0. The van der Waals surface area contributed by atoms with E-state index < -0.39 is 12.0 Å². The van der Waals surface area contributed by atoms with Gasteiger partial charge in [0.25, 0.3) is 0 Å². The van der Waals surface area contributed by atoms with Crippen molar-refractivity contribution in [3.05, 3.63) is 16.6 Å². The Morgan fingerprint density at radius 3 is 3.15 bits per heavy atom. The maximum Gasteiger partial charge on any atom is 0.321 e. The Labute approximate surface area is 83.4 Å². The van der Waals surface area contributed by atoms with E-state index in [1.807, 2.05) is 0 Å². The zero-order chi connectivity index (χ0) is 9.26. The van der Waals surface area contributed by atoms with Gasteiger partial charge < -0.3 is 5.11 Å². The number of hydrogen-bond donors (Lipinski definition) is 2. The normalized spacial score (nSPS) is 27.7. The van der Waals surface area contributed by atoms with Gasteiger partial charge in [0.1, 0.15) is 6.04 Å². The molecule has 0 amide bonds. The van der Waals surface area contributed by atoms with E-state index in [0.717, 1.165) is 4.88 Å². The number of rotatable bonds is 2. The van der Waals surface area contributed by atoms with Gasteiger partial charge >= 0.3 is 5.97 Å². The minimum absolute atomic E-state index is 0.105. The Morgan fingerprint density at radius 2 is 2.62 bits per heavy atom. The van der Waals surface area contributed by atoms with Crippen molar-refractivity contribution in [1.82, 2.24) is 10.3 Å². The summed E-state index contributed by atoms with van der Waals surface area (Å²) in [6, 6.07) is -0.419. The molecule has 0 saturated carbocycles. The molecule has 2 atom stereocenters. The number of carboxylic acid groups (broad SMARTS) is 1. The second kappa shape index (κ2) is 3.65. The smallest absolute Gasteiger partial charge is 0.321 e. The van der Waals surface area contributed by atoms with Gasteiger partial charge in [-0.25, -0.2) is 0 Å². The first-order valence-electron chi connectivity index (χ1n) is 3.76. The fourth-order valence-electron chi connectivity index (χ4n) is 1.13. The summed E-state index contributed by atoms with van der Waals surface area (Å²) in [5, 5.41) is 11.9. The Balaban J connectivity index is 2.03. The lowest BCUT2D eigenvalue weighted by molar-refractivity contribution is -0.138. The van der Waals surface area contributed by atoms with Crippen LogP contribution in [0.15, 0.2) is 11.7 Å². The van der Waals surface area contributed by atoms with Crippen LogP contribution in [-0.2, 0) is 4.79 Å². The summed E-state index contributed by atoms with van der Waals surface area (Å²) >= 11 is 3.16. The molecule has 13 heavy (non-hydrogen) atoms. The lowest BCUT2D eigenvalue weighted by Crippen LogP contribution is -2.33. The van der Waals surface area contributed by atoms with Gasteiger partial charge in [-0.3, -0.25) is 15.1 Å². The molecule has 4 nitrogen and oxygen atoms in total. The topological polar surface area (TPSA) is 62.2 Å². The highest BCUT2D eigenvalue weighted by Gasteiger charge is 2.30. The summed E-state index contributed by atoms with van der Waals surface area (Å²) in [6.07, 6.45) is 1.78. The van der Waals surface area contributed by atoms with Gasteiger partial charge in [-0.1, -0.05) is 0 Å². The maximum absolute atomic E-state index is 10.6. The van der Waals surface area contributed by atoms with Crippen molar-refractivity contribution in [2.24, 2.45) is 0 Å². The standard InChI is InChI=1S/C7H8N2O2S2/c10-7(11)4-2-12-6(9-4)5-1-8-3-13-5/h1,3-4,6,9H,2H2,(H,10,11)/t4-,6?/m0/s1. The van der Waals surface area contributed by atoms with Crippen LogP contribution in [0.5, 0.6) is 0 Å².